The summed E-state index contributed by atoms with van der Waals surface area (Å²) in [5.41, 5.74) is 13.7. The maximum absolute atomic E-state index is 15.4. The number of aryl methyl sites for hydroxylation is 2. The third kappa shape index (κ3) is 29.5. The van der Waals surface area contributed by atoms with Gasteiger partial charge in [0.05, 0.1) is 141 Å². The molecule has 35 heteroatoms. The number of fused-ring (bicyclic) bond motifs is 9. The summed E-state index contributed by atoms with van der Waals surface area (Å²) in [5, 5.41) is 33.7. The Morgan fingerprint density at radius 3 is 1.78 bits per heavy atom. The number of unbranched alkanes of at least 4 members (excludes halogenated alkanes) is 1. The highest BCUT2D eigenvalue weighted by atomic mass is 32.2. The number of phenols is 1. The largest absolute Gasteiger partial charge is 0.508 e. The number of aromatic hydroxyl groups is 1. The maximum atomic E-state index is 15.4. The number of carbonyl (C=O) groups excluding carboxylic acids is 10. The minimum atomic E-state index is -4.15. The Hall–Kier alpha value is -9.97. The molecule has 1 saturated heterocycles. The number of benzene rings is 4. The van der Waals surface area contributed by atoms with Gasteiger partial charge in [0.2, 0.25) is 53.2 Å². The molecule has 2 unspecified atom stereocenters. The van der Waals surface area contributed by atoms with Crippen LogP contribution in [-0.4, -0.2) is 256 Å². The lowest BCUT2D eigenvalue weighted by molar-refractivity contribution is -0.148. The topological polar surface area (TPSA) is 457 Å². The predicted octanol–water partition coefficient (Wildman–Crippen LogP) is 7.44. The van der Waals surface area contributed by atoms with Gasteiger partial charge in [0.1, 0.15) is 36.0 Å². The highest BCUT2D eigenvalue weighted by Crippen LogP contribution is 2.65. The summed E-state index contributed by atoms with van der Waals surface area (Å²) in [6.45, 7) is 16.5. The van der Waals surface area contributed by atoms with Crippen molar-refractivity contribution in [2.75, 3.05) is 154 Å². The van der Waals surface area contributed by atoms with Crippen LogP contribution in [0.25, 0.3) is 0 Å². The first-order valence-corrected chi connectivity index (χ1v) is 49.8. The zero-order valence-electron chi connectivity index (χ0n) is 79.3. The van der Waals surface area contributed by atoms with Crippen LogP contribution in [0.1, 0.15) is 209 Å². The van der Waals surface area contributed by atoms with Crippen molar-refractivity contribution in [1.29, 1.82) is 0 Å². The van der Waals surface area contributed by atoms with Gasteiger partial charge in [0.15, 0.2) is 0 Å². The molecule has 12 N–H and O–H groups in total. The van der Waals surface area contributed by atoms with Gasteiger partial charge in [-0.25, -0.2) is 0 Å². The van der Waals surface area contributed by atoms with E-state index in [9.17, 15) is 56.7 Å². The first kappa shape index (κ1) is 105. The van der Waals surface area contributed by atoms with Crippen LogP contribution in [0.3, 0.4) is 0 Å². The molecule has 1 spiro atoms. The lowest BCUT2D eigenvalue weighted by Crippen LogP contribution is -2.57. The smallest absolute Gasteiger partial charge is 0.266 e. The number of anilines is 2. The summed E-state index contributed by atoms with van der Waals surface area (Å²) < 4.78 is 81.4. The number of ether oxygens (including phenoxy) is 9. The van der Waals surface area contributed by atoms with E-state index >= 15 is 4.79 Å². The summed E-state index contributed by atoms with van der Waals surface area (Å²) in [4.78, 5) is 142. The average Bonchev–Trinajstić information content (AvgIpc) is 1.50. The number of carbonyl (C=O) groups is 10. The number of hydrogen-bond donors (Lipinski definition) is 11. The Morgan fingerprint density at radius 1 is 0.533 bits per heavy atom. The van der Waals surface area contributed by atoms with Gasteiger partial charge in [-0.3, -0.25) is 57.4 Å². The number of phenolic OH excluding ortho intramolecular Hbond substituents is 1. The minimum Gasteiger partial charge on any atom is -0.508 e. The molecule has 3 fully saturated rings. The predicted molar refractivity (Wildman–Crippen MR) is 505 cm³/mol. The van der Waals surface area contributed by atoms with E-state index in [0.29, 0.717) is 108 Å². The average molecular weight is 1900 g/mol. The van der Waals surface area contributed by atoms with Crippen LogP contribution in [0.5, 0.6) is 5.75 Å². The molecule has 2 saturated carbocycles. The molecule has 7 aliphatic rings. The van der Waals surface area contributed by atoms with Crippen molar-refractivity contribution in [1.82, 2.24) is 42.1 Å². The molecule has 4 aromatic rings. The third-order valence-electron chi connectivity index (χ3n) is 27.4. The number of nitrogens with zero attached hydrogens (tertiary/aromatic N) is 2. The molecular formula is C100H141N11O23S. The lowest BCUT2D eigenvalue weighted by Gasteiger charge is -2.55. The SMILES string of the molecule is CC(C)[C@H](NC(=O)[C@@H](CCCCNC(=O)COC1CCCCC/C(NCCOCCOCCOCCOCCC(=O)NCCS(=O)(=O)O)=C\1N)NC(=O)CCOCCOCCOCCOCCNC(=O)CCC(=O)N1Cc2ccccc2C#Cc2ccccc21)C(=O)N[C@@H](C)C(=O)Nc1ccc2c(c1)[C@@]1(C)CCC[C@]3(C(=O)N3C(=O)[C@@]3(C)CCC[C@]4(C)c5cc(O)ccc5CC[C@@H]34)C1CC2. The van der Waals surface area contributed by atoms with E-state index in [4.69, 9.17) is 52.9 Å². The second-order valence-electron chi connectivity index (χ2n) is 37.2. The Balaban J connectivity index is 0.605. The number of nitrogens with two attached hydrogens (primary N) is 1. The second kappa shape index (κ2) is 51.4. The Kier molecular flexibility index (Phi) is 40.2. The number of para-hydroxylation sites is 1. The van der Waals surface area contributed by atoms with E-state index in [1.165, 1.54) is 5.56 Å². The molecule has 0 aromatic heterocycles. The fourth-order valence-corrected chi connectivity index (χ4v) is 20.6. The molecule has 740 valence electrons. The molecule has 135 heavy (non-hydrogen) atoms. The van der Waals surface area contributed by atoms with Crippen LogP contribution in [-0.2, 0) is 131 Å². The first-order valence-electron chi connectivity index (χ1n) is 48.2. The minimum absolute atomic E-state index is 0.00429. The summed E-state index contributed by atoms with van der Waals surface area (Å²) in [5.74, 6) is 1.75. The Labute approximate surface area is 793 Å². The molecule has 2 aliphatic heterocycles. The van der Waals surface area contributed by atoms with Gasteiger partial charge in [-0.2, -0.15) is 8.42 Å². The highest BCUT2D eigenvalue weighted by molar-refractivity contribution is 7.85. The van der Waals surface area contributed by atoms with Crippen molar-refractivity contribution in [2.45, 2.75) is 230 Å². The van der Waals surface area contributed by atoms with Gasteiger partial charge in [-0.15, -0.1) is 0 Å². The van der Waals surface area contributed by atoms with Gasteiger partial charge in [0.25, 0.3) is 16.0 Å². The van der Waals surface area contributed by atoms with Crippen molar-refractivity contribution in [2.24, 2.45) is 28.9 Å². The van der Waals surface area contributed by atoms with Crippen LogP contribution < -0.4 is 53.2 Å². The normalized spacial score (nSPS) is 22.3. The monoisotopic (exact) mass is 1900 g/mol. The molecule has 5 aliphatic carbocycles. The molecule has 10 amide bonds. The third-order valence-corrected chi connectivity index (χ3v) is 28.1. The molecule has 2 heterocycles. The van der Waals surface area contributed by atoms with Crippen LogP contribution >= 0.6 is 0 Å². The number of amides is 10. The van der Waals surface area contributed by atoms with Gasteiger partial charge >= 0.3 is 0 Å². The van der Waals surface area contributed by atoms with E-state index in [1.54, 1.807) is 36.6 Å². The summed E-state index contributed by atoms with van der Waals surface area (Å²) in [6, 6.07) is 23.3. The molecule has 10 atom stereocenters. The number of hydrogen-bond acceptors (Lipinski definition) is 24. The summed E-state index contributed by atoms with van der Waals surface area (Å²) >= 11 is 0. The molecule has 0 radical (unpaired) electrons. The number of allylic oxidation sites excluding steroid dienone is 1. The van der Waals surface area contributed by atoms with E-state index in [1.807, 2.05) is 78.9 Å². The van der Waals surface area contributed by atoms with E-state index in [2.05, 4.69) is 75.1 Å². The molecule has 4 aromatic carbocycles. The van der Waals surface area contributed by atoms with Crippen LogP contribution in [0.15, 0.2) is 96.3 Å². The van der Waals surface area contributed by atoms with Crippen molar-refractivity contribution in [3.63, 3.8) is 0 Å². The number of nitrogens with one attached hydrogen (secondary N) is 8. The molecule has 11 rings (SSSR count). The van der Waals surface area contributed by atoms with Crippen LogP contribution in [0.2, 0.25) is 0 Å². The molecule has 0 bridgehead atoms. The zero-order valence-corrected chi connectivity index (χ0v) is 80.1. The highest BCUT2D eigenvalue weighted by Gasteiger charge is 2.76. The Morgan fingerprint density at radius 2 is 1.10 bits per heavy atom. The van der Waals surface area contributed by atoms with Gasteiger partial charge in [-0.1, -0.05) is 108 Å². The van der Waals surface area contributed by atoms with Gasteiger partial charge in [0, 0.05) is 80.3 Å². The van der Waals surface area contributed by atoms with E-state index < -0.39 is 91.9 Å². The fraction of sp³-hybridized carbons (Fsp3) is 0.620. The summed E-state index contributed by atoms with van der Waals surface area (Å²) in [7, 11) is -4.15. The lowest BCUT2D eigenvalue weighted by atomic mass is 9.49. The van der Waals surface area contributed by atoms with Gasteiger partial charge in [-0.05, 0) is 196 Å². The Bertz CT molecular complexity index is 4950. The van der Waals surface area contributed by atoms with E-state index in [0.717, 1.165) is 103 Å². The first-order chi connectivity index (χ1) is 64.9. The summed E-state index contributed by atoms with van der Waals surface area (Å²) in [6.07, 6.45) is 11.9. The standard InChI is InChI=1S/C100H141N11O23S/c1-68(2)91(94(120)106-69(3)92(118)107-75-31-27-71-30-34-84-98(5,77(71)64-75)40-17-42-100(84)96(122)111(100)95(121)99(6)41-16-39-97(4)78-65-76(112)32-28-72(78)29-33-83(97)99)109-93(119)80(22-14-15-43-103-88(116)67-134-82-24-9-7-8-21-79(90(82)101)102-44-49-128-53-57-132-61-59-130-55-51-126-47-37-86(114)105-46-63-135(123,124)125)108-87(115)38-48-127-52-56-131-60-62-133-58-54-129-50-45-104-85(113)35-36-89(117)110-66-74-20-11-10-18-70(74)25-26-73-19-12-13-23-81(73)110/h10-13,18-20,23,27-28,31-32,64-65,68-69,80,82-84,91,102,112H,7-9,14-17,21-22,24,29-30,33-63,66-67,101H2,1-6H3,(H,103,116)(H,104,113)(H,105,114)(H,106,120)(H,107,118)(H,108,115)(H,109,119)(H,123,124,125)/b90-79-/t69-,80+,82?,83+,84?,91-,97+,98+,99-,100+,111?/m0/s1. The number of imide groups is 1. The molecular weight excluding hydrogens is 1760 g/mol. The van der Waals surface area contributed by atoms with Crippen molar-refractivity contribution < 1.29 is 109 Å². The van der Waals surface area contributed by atoms with Crippen LogP contribution in [0, 0.1) is 35.0 Å². The van der Waals surface area contributed by atoms with Crippen molar-refractivity contribution in [3.05, 3.63) is 135 Å². The quantitative estimate of drug-likeness (QED) is 0.00672. The zero-order chi connectivity index (χ0) is 96.6. The van der Waals surface area contributed by atoms with Crippen LogP contribution in [0.4, 0.5) is 11.4 Å². The fourth-order valence-electron chi connectivity index (χ4n) is 20.2. The van der Waals surface area contributed by atoms with Crippen molar-refractivity contribution >= 4 is 80.6 Å². The van der Waals surface area contributed by atoms with Gasteiger partial charge < -0.3 is 101 Å². The van der Waals surface area contributed by atoms with E-state index in [-0.39, 0.29) is 184 Å². The second-order valence-corrected chi connectivity index (χ2v) is 38.8. The maximum Gasteiger partial charge on any atom is 0.266 e. The number of rotatable bonds is 54. The van der Waals surface area contributed by atoms with Crippen molar-refractivity contribution in [3.8, 4) is 17.6 Å². The molecule has 34 nitrogen and oxygen atoms in total.